The van der Waals surface area contributed by atoms with E-state index in [1.54, 1.807) is 0 Å². The molecule has 0 aliphatic heterocycles. The number of ether oxygens (including phenoxy) is 1. The molecule has 0 aliphatic carbocycles. The summed E-state index contributed by atoms with van der Waals surface area (Å²) in [4.78, 5) is 22.5. The van der Waals surface area contributed by atoms with Gasteiger partial charge in [0.15, 0.2) is 5.12 Å². The van der Waals surface area contributed by atoms with Gasteiger partial charge in [0, 0.05) is 12.0 Å². The van der Waals surface area contributed by atoms with E-state index in [2.05, 4.69) is 17.9 Å². The van der Waals surface area contributed by atoms with Crippen LogP contribution in [0.2, 0.25) is 0 Å². The van der Waals surface area contributed by atoms with Crippen molar-refractivity contribution < 1.29 is 14.3 Å². The first kappa shape index (κ1) is 16.6. The van der Waals surface area contributed by atoms with Gasteiger partial charge in [-0.2, -0.15) is 0 Å². The van der Waals surface area contributed by atoms with Gasteiger partial charge in [-0.3, -0.25) is 4.79 Å². The molecule has 0 aliphatic rings. The zero-order chi connectivity index (χ0) is 15.0. The highest BCUT2D eigenvalue weighted by Gasteiger charge is 2.21. The average Bonchev–Trinajstić information content (AvgIpc) is 2.36. The van der Waals surface area contributed by atoms with Crippen molar-refractivity contribution in [3.8, 4) is 0 Å². The average molecular weight is 295 g/mol. The van der Waals surface area contributed by atoms with Crippen LogP contribution in [0.25, 0.3) is 0 Å². The number of carbonyl (C=O) groups excluding carboxylic acids is 2. The zero-order valence-electron chi connectivity index (χ0n) is 11.9. The molecule has 0 aromatic heterocycles. The van der Waals surface area contributed by atoms with Crippen molar-refractivity contribution in [2.75, 3.05) is 0 Å². The number of rotatable bonds is 7. The maximum Gasteiger partial charge on any atom is 0.407 e. The molecule has 0 radical (unpaired) electrons. The third-order valence-electron chi connectivity index (χ3n) is 2.85. The van der Waals surface area contributed by atoms with Gasteiger partial charge in [-0.25, -0.2) is 4.79 Å². The number of benzene rings is 1. The Morgan fingerprint density at radius 2 is 1.90 bits per heavy atom. The SMILES string of the molecule is CC(C)(CCCC(=O)S)NC(=O)OCc1ccccc1. The monoisotopic (exact) mass is 295 g/mol. The van der Waals surface area contributed by atoms with Crippen molar-refractivity contribution in [3.05, 3.63) is 35.9 Å². The first-order chi connectivity index (χ1) is 9.39. The Hall–Kier alpha value is -1.49. The Labute approximate surface area is 125 Å². The summed E-state index contributed by atoms with van der Waals surface area (Å²) >= 11 is 3.72. The Morgan fingerprint density at radius 1 is 1.25 bits per heavy atom. The lowest BCUT2D eigenvalue weighted by atomic mass is 9.98. The van der Waals surface area contributed by atoms with Crippen LogP contribution in [0.4, 0.5) is 4.79 Å². The van der Waals surface area contributed by atoms with Crippen molar-refractivity contribution in [1.82, 2.24) is 5.32 Å². The molecule has 0 fully saturated rings. The van der Waals surface area contributed by atoms with E-state index in [1.807, 2.05) is 44.2 Å². The molecule has 0 heterocycles. The predicted octanol–water partition coefficient (Wildman–Crippen LogP) is 3.32. The molecule has 5 heteroatoms. The Kier molecular flexibility index (Phi) is 6.58. The molecule has 1 N–H and O–H groups in total. The largest absolute Gasteiger partial charge is 0.445 e. The van der Waals surface area contributed by atoms with Crippen LogP contribution in [0.5, 0.6) is 0 Å². The first-order valence-electron chi connectivity index (χ1n) is 6.60. The van der Waals surface area contributed by atoms with Gasteiger partial charge in [0.1, 0.15) is 6.61 Å². The molecule has 1 amide bonds. The molecular weight excluding hydrogens is 274 g/mol. The van der Waals surface area contributed by atoms with Gasteiger partial charge in [-0.05, 0) is 32.3 Å². The summed E-state index contributed by atoms with van der Waals surface area (Å²) in [5.41, 5.74) is 0.540. The minimum atomic E-state index is -0.448. The van der Waals surface area contributed by atoms with Gasteiger partial charge in [0.2, 0.25) is 0 Å². The van der Waals surface area contributed by atoms with Gasteiger partial charge in [-0.1, -0.05) is 30.3 Å². The number of hydrogen-bond acceptors (Lipinski definition) is 3. The molecule has 0 bridgehead atoms. The second-order valence-corrected chi connectivity index (χ2v) is 5.82. The van der Waals surface area contributed by atoms with Crippen LogP contribution in [0, 0.1) is 0 Å². The highest BCUT2D eigenvalue weighted by atomic mass is 32.1. The van der Waals surface area contributed by atoms with Crippen molar-refractivity contribution in [2.45, 2.75) is 45.3 Å². The van der Waals surface area contributed by atoms with Crippen LogP contribution < -0.4 is 5.32 Å². The first-order valence-corrected chi connectivity index (χ1v) is 7.04. The van der Waals surface area contributed by atoms with Crippen LogP contribution in [-0.4, -0.2) is 16.7 Å². The molecule has 110 valence electrons. The summed E-state index contributed by atoms with van der Waals surface area (Å²) in [5.74, 6) is 0. The minimum absolute atomic E-state index is 0.132. The second kappa shape index (κ2) is 7.94. The van der Waals surface area contributed by atoms with E-state index in [-0.39, 0.29) is 11.7 Å². The van der Waals surface area contributed by atoms with E-state index >= 15 is 0 Å². The second-order valence-electron chi connectivity index (χ2n) is 5.32. The van der Waals surface area contributed by atoms with Crippen molar-refractivity contribution in [1.29, 1.82) is 0 Å². The molecule has 0 atom stereocenters. The topological polar surface area (TPSA) is 55.4 Å². The fourth-order valence-electron chi connectivity index (χ4n) is 1.78. The van der Waals surface area contributed by atoms with Crippen molar-refractivity contribution in [2.24, 2.45) is 0 Å². The third-order valence-corrected chi connectivity index (χ3v) is 3.07. The number of amides is 1. The summed E-state index contributed by atoms with van der Waals surface area (Å²) in [6.07, 6.45) is 1.34. The van der Waals surface area contributed by atoms with Crippen LogP contribution in [-0.2, 0) is 16.1 Å². The van der Waals surface area contributed by atoms with E-state index in [0.29, 0.717) is 19.3 Å². The van der Waals surface area contributed by atoms with Gasteiger partial charge in [0.25, 0.3) is 0 Å². The molecule has 0 saturated heterocycles. The van der Waals surface area contributed by atoms with Gasteiger partial charge >= 0.3 is 6.09 Å². The lowest BCUT2D eigenvalue weighted by molar-refractivity contribution is -0.110. The van der Waals surface area contributed by atoms with Crippen molar-refractivity contribution in [3.63, 3.8) is 0 Å². The number of carbonyl (C=O) groups is 2. The maximum absolute atomic E-state index is 11.7. The quantitative estimate of drug-likeness (QED) is 0.759. The maximum atomic E-state index is 11.7. The van der Waals surface area contributed by atoms with Crippen LogP contribution >= 0.6 is 12.6 Å². The number of thiol groups is 1. The highest BCUT2D eigenvalue weighted by molar-refractivity contribution is 7.96. The Balaban J connectivity index is 2.31. The van der Waals surface area contributed by atoms with Gasteiger partial charge in [-0.15, -0.1) is 12.6 Å². The van der Waals surface area contributed by atoms with E-state index in [1.165, 1.54) is 0 Å². The van der Waals surface area contributed by atoms with Crippen LogP contribution in [0.15, 0.2) is 30.3 Å². The van der Waals surface area contributed by atoms with Crippen LogP contribution in [0.1, 0.15) is 38.7 Å². The molecule has 1 rings (SSSR count). The predicted molar refractivity (Wildman–Crippen MR) is 81.7 cm³/mol. The molecule has 4 nitrogen and oxygen atoms in total. The summed E-state index contributed by atoms with van der Waals surface area (Å²) in [7, 11) is 0. The van der Waals surface area contributed by atoms with E-state index < -0.39 is 11.6 Å². The normalized spacial score (nSPS) is 10.9. The van der Waals surface area contributed by atoms with E-state index in [0.717, 1.165) is 5.56 Å². The zero-order valence-corrected chi connectivity index (χ0v) is 12.8. The number of hydrogen-bond donors (Lipinski definition) is 2. The molecule has 0 unspecified atom stereocenters. The van der Waals surface area contributed by atoms with E-state index in [4.69, 9.17) is 4.74 Å². The standard InChI is InChI=1S/C15H21NO3S/c1-15(2,10-6-9-13(17)20)16-14(18)19-11-12-7-4-3-5-8-12/h3-5,7-8H,6,9-11H2,1-2H3,(H,16,18)(H,17,20). The van der Waals surface area contributed by atoms with E-state index in [9.17, 15) is 9.59 Å². The molecular formula is C15H21NO3S. The molecule has 1 aromatic carbocycles. The molecule has 0 spiro atoms. The Bertz CT molecular complexity index is 446. The molecule has 0 saturated carbocycles. The summed E-state index contributed by atoms with van der Waals surface area (Å²) in [6.45, 7) is 4.05. The lowest BCUT2D eigenvalue weighted by Crippen LogP contribution is -2.43. The fourth-order valence-corrected chi connectivity index (χ4v) is 1.94. The molecule has 20 heavy (non-hydrogen) atoms. The number of nitrogens with one attached hydrogen (secondary N) is 1. The molecule has 1 aromatic rings. The Morgan fingerprint density at radius 3 is 2.50 bits per heavy atom. The van der Waals surface area contributed by atoms with Gasteiger partial charge < -0.3 is 10.1 Å². The lowest BCUT2D eigenvalue weighted by Gasteiger charge is -2.25. The fraction of sp³-hybridized carbons (Fsp3) is 0.467. The summed E-state index contributed by atoms with van der Waals surface area (Å²) in [6, 6.07) is 9.51. The summed E-state index contributed by atoms with van der Waals surface area (Å²) < 4.78 is 5.16. The highest BCUT2D eigenvalue weighted by Crippen LogP contribution is 2.14. The van der Waals surface area contributed by atoms with Crippen molar-refractivity contribution >= 4 is 23.8 Å². The van der Waals surface area contributed by atoms with Gasteiger partial charge in [0.05, 0.1) is 0 Å². The number of alkyl carbamates (subject to hydrolysis) is 1. The minimum Gasteiger partial charge on any atom is -0.445 e. The smallest absolute Gasteiger partial charge is 0.407 e. The third kappa shape index (κ3) is 7.19. The summed E-state index contributed by atoms with van der Waals surface area (Å²) in [5, 5.41) is 2.67. The van der Waals surface area contributed by atoms with Crippen LogP contribution in [0.3, 0.4) is 0 Å².